The summed E-state index contributed by atoms with van der Waals surface area (Å²) in [5.41, 5.74) is 1.64. The Labute approximate surface area is 133 Å². The number of rotatable bonds is 5. The van der Waals surface area contributed by atoms with Gasteiger partial charge in [-0.3, -0.25) is 0 Å². The van der Waals surface area contributed by atoms with Crippen LogP contribution in [0.15, 0.2) is 36.4 Å². The highest BCUT2D eigenvalue weighted by Crippen LogP contribution is 2.31. The van der Waals surface area contributed by atoms with E-state index in [9.17, 15) is 4.39 Å². The first-order chi connectivity index (χ1) is 10.1. The van der Waals surface area contributed by atoms with Gasteiger partial charge in [0.1, 0.15) is 11.6 Å². The van der Waals surface area contributed by atoms with Crippen molar-refractivity contribution in [3.63, 3.8) is 0 Å². The van der Waals surface area contributed by atoms with E-state index >= 15 is 0 Å². The number of nitrogens with one attached hydrogen (secondary N) is 1. The zero-order valence-corrected chi connectivity index (χ0v) is 13.3. The Morgan fingerprint density at radius 3 is 2.67 bits per heavy atom. The molecule has 1 N–H and O–H groups in total. The standard InChI is InChI=1S/C16H16Cl2FNO/c1-20-14(12-4-3-5-13(19)16(12)18)9-10-8-11(17)6-7-15(10)21-2/h3-8,14,20H,9H2,1-2H3. The third-order valence-corrected chi connectivity index (χ3v) is 4.01. The van der Waals surface area contributed by atoms with Gasteiger partial charge in [0.15, 0.2) is 0 Å². The molecule has 0 aliphatic rings. The van der Waals surface area contributed by atoms with Gasteiger partial charge in [-0.2, -0.15) is 0 Å². The molecule has 0 spiro atoms. The number of benzene rings is 2. The van der Waals surface area contributed by atoms with Crippen LogP contribution in [0.2, 0.25) is 10.0 Å². The summed E-state index contributed by atoms with van der Waals surface area (Å²) in [6.07, 6.45) is 0.587. The van der Waals surface area contributed by atoms with Gasteiger partial charge in [-0.1, -0.05) is 35.3 Å². The van der Waals surface area contributed by atoms with Gasteiger partial charge in [0.25, 0.3) is 0 Å². The summed E-state index contributed by atoms with van der Waals surface area (Å²) in [7, 11) is 3.42. The fourth-order valence-corrected chi connectivity index (χ4v) is 2.74. The van der Waals surface area contributed by atoms with Crippen molar-refractivity contribution in [1.29, 1.82) is 0 Å². The van der Waals surface area contributed by atoms with Gasteiger partial charge >= 0.3 is 0 Å². The normalized spacial score (nSPS) is 12.2. The highest BCUT2D eigenvalue weighted by atomic mass is 35.5. The highest BCUT2D eigenvalue weighted by molar-refractivity contribution is 6.31. The predicted molar refractivity (Wildman–Crippen MR) is 84.9 cm³/mol. The van der Waals surface area contributed by atoms with E-state index < -0.39 is 5.82 Å². The first-order valence-electron chi connectivity index (χ1n) is 6.50. The van der Waals surface area contributed by atoms with Crippen molar-refractivity contribution < 1.29 is 9.13 Å². The highest BCUT2D eigenvalue weighted by Gasteiger charge is 2.18. The van der Waals surface area contributed by atoms with E-state index in [4.69, 9.17) is 27.9 Å². The van der Waals surface area contributed by atoms with Crippen LogP contribution in [-0.2, 0) is 6.42 Å². The van der Waals surface area contributed by atoms with Crippen molar-refractivity contribution >= 4 is 23.2 Å². The minimum Gasteiger partial charge on any atom is -0.496 e. The van der Waals surface area contributed by atoms with E-state index in [0.29, 0.717) is 17.0 Å². The Bertz CT molecular complexity index is 634. The summed E-state index contributed by atoms with van der Waals surface area (Å²) < 4.78 is 19.0. The first-order valence-corrected chi connectivity index (χ1v) is 7.26. The van der Waals surface area contributed by atoms with Crippen molar-refractivity contribution in [1.82, 2.24) is 5.32 Å². The lowest BCUT2D eigenvalue weighted by atomic mass is 9.98. The second kappa shape index (κ2) is 7.12. The molecule has 21 heavy (non-hydrogen) atoms. The van der Waals surface area contributed by atoms with Gasteiger partial charge < -0.3 is 10.1 Å². The molecule has 112 valence electrons. The molecular formula is C16H16Cl2FNO. The molecule has 0 radical (unpaired) electrons. The number of hydrogen-bond acceptors (Lipinski definition) is 2. The molecule has 5 heteroatoms. The molecule has 1 atom stereocenters. The Hall–Kier alpha value is -1.29. The summed E-state index contributed by atoms with van der Waals surface area (Å²) >= 11 is 12.1. The lowest BCUT2D eigenvalue weighted by Crippen LogP contribution is -2.20. The zero-order chi connectivity index (χ0) is 15.4. The third-order valence-electron chi connectivity index (χ3n) is 3.37. The molecule has 2 rings (SSSR count). The maximum Gasteiger partial charge on any atom is 0.142 e. The topological polar surface area (TPSA) is 21.3 Å². The van der Waals surface area contributed by atoms with Crippen LogP contribution in [0.4, 0.5) is 4.39 Å². The third kappa shape index (κ3) is 3.67. The number of halogens is 3. The van der Waals surface area contributed by atoms with Crippen LogP contribution in [0.3, 0.4) is 0 Å². The SMILES string of the molecule is CNC(Cc1cc(Cl)ccc1OC)c1cccc(F)c1Cl. The Morgan fingerprint density at radius 1 is 1.24 bits per heavy atom. The summed E-state index contributed by atoms with van der Waals surface area (Å²) in [5.74, 6) is 0.319. The predicted octanol–water partition coefficient (Wildman–Crippen LogP) is 4.64. The molecule has 0 aliphatic carbocycles. The van der Waals surface area contributed by atoms with E-state index in [0.717, 1.165) is 11.3 Å². The van der Waals surface area contributed by atoms with Gasteiger partial charge in [0, 0.05) is 11.1 Å². The average molecular weight is 328 g/mol. The van der Waals surface area contributed by atoms with E-state index in [1.807, 2.05) is 25.2 Å². The largest absolute Gasteiger partial charge is 0.496 e. The number of ether oxygens (including phenoxy) is 1. The van der Waals surface area contributed by atoms with Crippen LogP contribution in [0.1, 0.15) is 17.2 Å². The zero-order valence-electron chi connectivity index (χ0n) is 11.8. The molecule has 0 bridgehead atoms. The Balaban J connectivity index is 2.35. The lowest BCUT2D eigenvalue weighted by molar-refractivity contribution is 0.406. The van der Waals surface area contributed by atoms with Gasteiger partial charge in [-0.25, -0.2) is 4.39 Å². The van der Waals surface area contributed by atoms with E-state index in [2.05, 4.69) is 5.32 Å². The molecule has 1 unspecified atom stereocenters. The van der Waals surface area contributed by atoms with Crippen molar-refractivity contribution in [2.75, 3.05) is 14.2 Å². The fraction of sp³-hybridized carbons (Fsp3) is 0.250. The summed E-state index contributed by atoms with van der Waals surface area (Å²) in [4.78, 5) is 0. The monoisotopic (exact) mass is 327 g/mol. The Kier molecular flexibility index (Phi) is 5.45. The van der Waals surface area contributed by atoms with Gasteiger partial charge in [0.2, 0.25) is 0 Å². The Morgan fingerprint density at radius 2 is 2.00 bits per heavy atom. The maximum atomic E-state index is 13.6. The first kappa shape index (κ1) is 16.1. The minimum atomic E-state index is -0.424. The van der Waals surface area contributed by atoms with Crippen molar-refractivity contribution in [2.24, 2.45) is 0 Å². The lowest BCUT2D eigenvalue weighted by Gasteiger charge is -2.20. The van der Waals surface area contributed by atoms with Crippen molar-refractivity contribution in [3.05, 3.63) is 63.4 Å². The number of methoxy groups -OCH3 is 1. The average Bonchev–Trinajstić information content (AvgIpc) is 2.48. The second-order valence-electron chi connectivity index (χ2n) is 4.64. The molecule has 0 aromatic heterocycles. The quantitative estimate of drug-likeness (QED) is 0.863. The molecule has 0 saturated heterocycles. The molecular weight excluding hydrogens is 312 g/mol. The minimum absolute atomic E-state index is 0.137. The molecule has 0 fully saturated rings. The van der Waals surface area contributed by atoms with Crippen LogP contribution < -0.4 is 10.1 Å². The van der Waals surface area contributed by atoms with Gasteiger partial charge in [-0.05, 0) is 48.9 Å². The maximum absolute atomic E-state index is 13.6. The molecule has 0 amide bonds. The number of likely N-dealkylation sites (N-methyl/N-ethyl adjacent to an activating group) is 1. The van der Waals surface area contributed by atoms with Crippen LogP contribution in [0, 0.1) is 5.82 Å². The van der Waals surface area contributed by atoms with Crippen LogP contribution in [0.25, 0.3) is 0 Å². The van der Waals surface area contributed by atoms with Crippen LogP contribution >= 0.6 is 23.2 Å². The molecule has 0 saturated carbocycles. The van der Waals surface area contributed by atoms with Crippen LogP contribution in [-0.4, -0.2) is 14.2 Å². The molecule has 2 aromatic carbocycles. The molecule has 2 nitrogen and oxygen atoms in total. The molecule has 2 aromatic rings. The van der Waals surface area contributed by atoms with E-state index in [1.54, 1.807) is 19.2 Å². The van der Waals surface area contributed by atoms with Crippen LogP contribution in [0.5, 0.6) is 5.75 Å². The summed E-state index contributed by atoms with van der Waals surface area (Å²) in [5, 5.41) is 3.92. The van der Waals surface area contributed by atoms with Crippen molar-refractivity contribution in [2.45, 2.75) is 12.5 Å². The fourth-order valence-electron chi connectivity index (χ4n) is 2.28. The van der Waals surface area contributed by atoms with Gasteiger partial charge in [0.05, 0.1) is 12.1 Å². The smallest absolute Gasteiger partial charge is 0.142 e. The number of hydrogen-bond donors (Lipinski definition) is 1. The van der Waals surface area contributed by atoms with Crippen molar-refractivity contribution in [3.8, 4) is 5.75 Å². The van der Waals surface area contributed by atoms with E-state index in [-0.39, 0.29) is 11.1 Å². The van der Waals surface area contributed by atoms with Gasteiger partial charge in [-0.15, -0.1) is 0 Å². The van der Waals surface area contributed by atoms with E-state index in [1.165, 1.54) is 6.07 Å². The molecule has 0 aliphatic heterocycles. The second-order valence-corrected chi connectivity index (χ2v) is 5.46. The molecule has 0 heterocycles. The summed E-state index contributed by atoms with van der Waals surface area (Å²) in [6, 6.07) is 10.1. The summed E-state index contributed by atoms with van der Waals surface area (Å²) in [6.45, 7) is 0.